The molecule has 0 aliphatic heterocycles. The van der Waals surface area contributed by atoms with Gasteiger partial charge in [-0.3, -0.25) is 0 Å². The van der Waals surface area contributed by atoms with Crippen LogP contribution in [0, 0.1) is 5.95 Å². The summed E-state index contributed by atoms with van der Waals surface area (Å²) in [5.41, 5.74) is 1.96. The molecule has 0 atom stereocenters. The summed E-state index contributed by atoms with van der Waals surface area (Å²) in [6.45, 7) is 0. The predicted octanol–water partition coefficient (Wildman–Crippen LogP) is 2.39. The average Bonchev–Trinajstić information content (AvgIpc) is 2.58. The van der Waals surface area contributed by atoms with E-state index in [1.165, 1.54) is 4.57 Å². The SMILES string of the molecule is C[n+]1ccc(-c2c3ccccc3c(Br)c3ccccc23)cc1F.[I-]. The van der Waals surface area contributed by atoms with Gasteiger partial charge in [-0.15, -0.1) is 4.39 Å². The van der Waals surface area contributed by atoms with Crippen LogP contribution in [0.3, 0.4) is 0 Å². The maximum absolute atomic E-state index is 14.1. The summed E-state index contributed by atoms with van der Waals surface area (Å²) in [4.78, 5) is 0. The molecular formula is C20H14BrFIN. The Hall–Kier alpha value is -1.53. The Bertz CT molecular complexity index is 1010. The Labute approximate surface area is 165 Å². The molecule has 3 aromatic carbocycles. The number of benzene rings is 3. The van der Waals surface area contributed by atoms with E-state index < -0.39 is 0 Å². The zero-order valence-electron chi connectivity index (χ0n) is 12.9. The number of rotatable bonds is 1. The summed E-state index contributed by atoms with van der Waals surface area (Å²) in [5.74, 6) is -0.251. The fourth-order valence-corrected chi connectivity index (χ4v) is 3.77. The molecule has 0 N–H and O–H groups in total. The van der Waals surface area contributed by atoms with E-state index in [0.717, 1.165) is 37.1 Å². The minimum atomic E-state index is -0.251. The van der Waals surface area contributed by atoms with Crippen molar-refractivity contribution in [2.45, 2.75) is 0 Å². The van der Waals surface area contributed by atoms with Crippen LogP contribution in [0.5, 0.6) is 0 Å². The van der Waals surface area contributed by atoms with Gasteiger partial charge < -0.3 is 24.0 Å². The van der Waals surface area contributed by atoms with Crippen LogP contribution in [0.4, 0.5) is 4.39 Å². The fraction of sp³-hybridized carbons (Fsp3) is 0.0500. The van der Waals surface area contributed by atoms with Crippen molar-refractivity contribution in [3.05, 3.63) is 77.3 Å². The second-order valence-electron chi connectivity index (χ2n) is 5.63. The van der Waals surface area contributed by atoms with Crippen LogP contribution in [-0.4, -0.2) is 0 Å². The Morgan fingerprint density at radius 2 is 1.33 bits per heavy atom. The van der Waals surface area contributed by atoms with Crippen LogP contribution in [0.25, 0.3) is 32.7 Å². The molecule has 4 aromatic rings. The molecule has 1 aromatic heterocycles. The fourth-order valence-electron chi connectivity index (χ4n) is 3.08. The highest BCUT2D eigenvalue weighted by Gasteiger charge is 2.16. The summed E-state index contributed by atoms with van der Waals surface area (Å²) >= 11 is 3.74. The van der Waals surface area contributed by atoms with Crippen molar-refractivity contribution in [2.24, 2.45) is 7.05 Å². The number of halogens is 3. The van der Waals surface area contributed by atoms with Gasteiger partial charge in [0.1, 0.15) is 7.05 Å². The quantitative estimate of drug-likeness (QED) is 0.166. The number of aryl methyl sites for hydroxylation is 1. The van der Waals surface area contributed by atoms with Crippen molar-refractivity contribution in [1.29, 1.82) is 0 Å². The van der Waals surface area contributed by atoms with Crippen LogP contribution in [-0.2, 0) is 7.05 Å². The third-order valence-corrected chi connectivity index (χ3v) is 5.10. The molecule has 0 saturated carbocycles. The lowest BCUT2D eigenvalue weighted by molar-refractivity contribution is -0.700. The van der Waals surface area contributed by atoms with Gasteiger partial charge >= 0.3 is 5.95 Å². The van der Waals surface area contributed by atoms with Gasteiger partial charge in [0.25, 0.3) is 0 Å². The molecule has 4 heteroatoms. The molecule has 0 fully saturated rings. The zero-order valence-corrected chi connectivity index (χ0v) is 16.7. The topological polar surface area (TPSA) is 3.88 Å². The van der Waals surface area contributed by atoms with E-state index in [1.54, 1.807) is 19.3 Å². The molecule has 0 saturated heterocycles. The minimum Gasteiger partial charge on any atom is -1.00 e. The monoisotopic (exact) mass is 493 g/mol. The van der Waals surface area contributed by atoms with Crippen molar-refractivity contribution in [1.82, 2.24) is 0 Å². The molecule has 4 rings (SSSR count). The Morgan fingerprint density at radius 1 is 0.833 bits per heavy atom. The third-order valence-electron chi connectivity index (χ3n) is 4.24. The second-order valence-corrected chi connectivity index (χ2v) is 6.42. The molecular weight excluding hydrogens is 480 g/mol. The molecule has 120 valence electrons. The van der Waals surface area contributed by atoms with E-state index in [4.69, 9.17) is 0 Å². The normalized spacial score (nSPS) is 10.8. The number of nitrogens with zero attached hydrogens (tertiary/aromatic N) is 1. The summed E-state index contributed by atoms with van der Waals surface area (Å²) < 4.78 is 16.7. The first-order valence-electron chi connectivity index (χ1n) is 7.41. The van der Waals surface area contributed by atoms with Gasteiger partial charge in [0.05, 0.1) is 6.07 Å². The first kappa shape index (κ1) is 17.3. The van der Waals surface area contributed by atoms with Gasteiger partial charge in [0.2, 0.25) is 0 Å². The van der Waals surface area contributed by atoms with E-state index in [9.17, 15) is 4.39 Å². The maximum Gasteiger partial charge on any atom is 0.359 e. The molecule has 0 aliphatic carbocycles. The molecule has 0 aliphatic rings. The van der Waals surface area contributed by atoms with Crippen LogP contribution < -0.4 is 28.5 Å². The van der Waals surface area contributed by atoms with Crippen molar-refractivity contribution >= 4 is 37.5 Å². The molecule has 0 amide bonds. The first-order chi connectivity index (χ1) is 11.2. The van der Waals surface area contributed by atoms with Crippen molar-refractivity contribution in [3.63, 3.8) is 0 Å². The van der Waals surface area contributed by atoms with Gasteiger partial charge in [-0.25, -0.2) is 0 Å². The Kier molecular flexibility index (Phi) is 4.88. The second kappa shape index (κ2) is 6.76. The van der Waals surface area contributed by atoms with Crippen LogP contribution in [0.15, 0.2) is 71.3 Å². The van der Waals surface area contributed by atoms with Crippen LogP contribution in [0.2, 0.25) is 0 Å². The Balaban J connectivity index is 0.00000169. The van der Waals surface area contributed by atoms with Crippen molar-refractivity contribution < 1.29 is 32.9 Å². The van der Waals surface area contributed by atoms with Crippen molar-refractivity contribution in [3.8, 4) is 11.1 Å². The molecule has 1 nitrogen and oxygen atoms in total. The summed E-state index contributed by atoms with van der Waals surface area (Å²) in [6.07, 6.45) is 1.76. The zero-order chi connectivity index (χ0) is 16.0. The highest BCUT2D eigenvalue weighted by molar-refractivity contribution is 9.10. The summed E-state index contributed by atoms with van der Waals surface area (Å²) in [7, 11) is 1.71. The van der Waals surface area contributed by atoms with Gasteiger partial charge in [-0.2, -0.15) is 4.57 Å². The number of pyridine rings is 1. The van der Waals surface area contributed by atoms with E-state index in [1.807, 2.05) is 30.3 Å². The van der Waals surface area contributed by atoms with Crippen LogP contribution in [0.1, 0.15) is 0 Å². The highest BCUT2D eigenvalue weighted by Crippen LogP contribution is 2.41. The average molecular weight is 494 g/mol. The molecule has 24 heavy (non-hydrogen) atoms. The van der Waals surface area contributed by atoms with Gasteiger partial charge in [0.15, 0.2) is 6.20 Å². The number of hydrogen-bond donors (Lipinski definition) is 0. The first-order valence-corrected chi connectivity index (χ1v) is 8.20. The Morgan fingerprint density at radius 3 is 1.83 bits per heavy atom. The molecule has 0 bridgehead atoms. The van der Waals surface area contributed by atoms with E-state index in [2.05, 4.69) is 40.2 Å². The third kappa shape index (κ3) is 2.71. The molecule has 0 radical (unpaired) electrons. The smallest absolute Gasteiger partial charge is 0.359 e. The lowest BCUT2D eigenvalue weighted by atomic mass is 9.92. The summed E-state index contributed by atoms with van der Waals surface area (Å²) in [6, 6.07) is 20.0. The molecule has 1 heterocycles. The van der Waals surface area contributed by atoms with Gasteiger partial charge in [-0.05, 0) is 48.6 Å². The highest BCUT2D eigenvalue weighted by atomic mass is 127. The minimum absolute atomic E-state index is 0. The lowest BCUT2D eigenvalue weighted by Crippen LogP contribution is -3.00. The maximum atomic E-state index is 14.1. The predicted molar refractivity (Wildman–Crippen MR) is 95.7 cm³/mol. The summed E-state index contributed by atoms with van der Waals surface area (Å²) in [5, 5.41) is 4.50. The van der Waals surface area contributed by atoms with E-state index in [-0.39, 0.29) is 29.9 Å². The van der Waals surface area contributed by atoms with Crippen molar-refractivity contribution in [2.75, 3.05) is 0 Å². The number of fused-ring (bicyclic) bond motifs is 2. The van der Waals surface area contributed by atoms with Gasteiger partial charge in [-0.1, -0.05) is 48.5 Å². The number of aromatic nitrogens is 1. The molecule has 0 spiro atoms. The van der Waals surface area contributed by atoms with Gasteiger partial charge in [0, 0.05) is 10.5 Å². The van der Waals surface area contributed by atoms with E-state index in [0.29, 0.717) is 0 Å². The van der Waals surface area contributed by atoms with E-state index >= 15 is 0 Å². The molecule has 0 unspecified atom stereocenters. The van der Waals surface area contributed by atoms with Crippen LogP contribution >= 0.6 is 15.9 Å². The standard InChI is InChI=1S/C20H14BrFN.HI/c1-23-11-10-13(12-18(23)22)19-14-6-2-4-8-16(14)20(21)17-9-5-3-7-15(17)19;/h2-12H,1H3;1H/q+1;/p-1. The lowest BCUT2D eigenvalue weighted by Gasteiger charge is -2.13. The largest absolute Gasteiger partial charge is 1.00 e. The number of hydrogen-bond acceptors (Lipinski definition) is 0.